The Bertz CT molecular complexity index is 524. The van der Waals surface area contributed by atoms with Gasteiger partial charge in [-0.2, -0.15) is 0 Å². The van der Waals surface area contributed by atoms with Gasteiger partial charge < -0.3 is 10.1 Å². The molecule has 1 amide bonds. The summed E-state index contributed by atoms with van der Waals surface area (Å²) in [5.41, 5.74) is 0.313. The van der Waals surface area contributed by atoms with E-state index in [1.165, 1.54) is 0 Å². The first-order valence-corrected chi connectivity index (χ1v) is 7.02. The molecule has 1 aliphatic rings. The average molecular weight is 275 g/mol. The van der Waals surface area contributed by atoms with Crippen LogP contribution in [0.3, 0.4) is 0 Å². The van der Waals surface area contributed by atoms with Gasteiger partial charge in [0.25, 0.3) is 5.91 Å². The first-order valence-electron chi connectivity index (χ1n) is 7.02. The van der Waals surface area contributed by atoms with Crippen LogP contribution in [-0.2, 0) is 16.0 Å². The Balaban J connectivity index is 2.09. The van der Waals surface area contributed by atoms with E-state index in [2.05, 4.69) is 19.2 Å². The summed E-state index contributed by atoms with van der Waals surface area (Å²) in [4.78, 5) is 24.3. The maximum atomic E-state index is 12.3. The molecule has 0 aromatic heterocycles. The normalized spacial score (nSPS) is 21.3. The van der Waals surface area contributed by atoms with Gasteiger partial charge in [0.15, 0.2) is 5.60 Å². The zero-order chi connectivity index (χ0) is 14.8. The number of amides is 1. The number of carbonyl (C=O) groups excluding carboxylic acids is 2. The van der Waals surface area contributed by atoms with E-state index in [0.29, 0.717) is 24.4 Å². The predicted molar refractivity (Wildman–Crippen MR) is 76.4 cm³/mol. The number of ether oxygens (including phenoxy) is 1. The van der Waals surface area contributed by atoms with Crippen molar-refractivity contribution in [1.82, 2.24) is 5.32 Å². The highest BCUT2D eigenvalue weighted by molar-refractivity contribution is 5.97. The molecule has 1 aromatic carbocycles. The maximum Gasteiger partial charge on any atom is 0.339 e. The first kappa shape index (κ1) is 14.6. The lowest BCUT2D eigenvalue weighted by atomic mass is 9.89. The SMILES string of the molecule is CC(C)CCNC(=O)C1(C)Cc2ccccc2C(=O)O1. The van der Waals surface area contributed by atoms with Gasteiger partial charge in [-0.05, 0) is 30.9 Å². The molecule has 108 valence electrons. The summed E-state index contributed by atoms with van der Waals surface area (Å²) < 4.78 is 5.37. The molecular weight excluding hydrogens is 254 g/mol. The number of esters is 1. The average Bonchev–Trinajstić information content (AvgIpc) is 2.38. The fourth-order valence-corrected chi connectivity index (χ4v) is 2.32. The zero-order valence-electron chi connectivity index (χ0n) is 12.2. The minimum atomic E-state index is -1.11. The van der Waals surface area contributed by atoms with E-state index < -0.39 is 11.6 Å². The number of rotatable bonds is 4. The van der Waals surface area contributed by atoms with E-state index in [1.807, 2.05) is 12.1 Å². The minimum absolute atomic E-state index is 0.221. The van der Waals surface area contributed by atoms with Gasteiger partial charge in [-0.25, -0.2) is 4.79 Å². The molecule has 1 atom stereocenters. The van der Waals surface area contributed by atoms with Crippen molar-refractivity contribution >= 4 is 11.9 Å². The van der Waals surface area contributed by atoms with Crippen LogP contribution in [0, 0.1) is 5.92 Å². The number of cyclic esters (lactones) is 1. The second kappa shape index (κ2) is 5.65. The van der Waals surface area contributed by atoms with Gasteiger partial charge in [-0.15, -0.1) is 0 Å². The third-order valence-corrected chi connectivity index (χ3v) is 3.57. The summed E-state index contributed by atoms with van der Waals surface area (Å²) in [6.07, 6.45) is 1.33. The molecule has 0 saturated heterocycles. The van der Waals surface area contributed by atoms with Crippen LogP contribution in [0.15, 0.2) is 24.3 Å². The molecule has 1 aromatic rings. The molecule has 0 fully saturated rings. The molecular formula is C16H21NO3. The van der Waals surface area contributed by atoms with Crippen molar-refractivity contribution in [2.24, 2.45) is 5.92 Å². The van der Waals surface area contributed by atoms with Crippen LogP contribution in [0.5, 0.6) is 0 Å². The Hall–Kier alpha value is -1.84. The Morgan fingerprint density at radius 3 is 2.80 bits per heavy atom. The van der Waals surface area contributed by atoms with E-state index in [9.17, 15) is 9.59 Å². The molecule has 0 saturated carbocycles. The van der Waals surface area contributed by atoms with Gasteiger partial charge in [0.1, 0.15) is 0 Å². The first-order chi connectivity index (χ1) is 9.42. The number of carbonyl (C=O) groups is 2. The van der Waals surface area contributed by atoms with Gasteiger partial charge in [0.05, 0.1) is 5.56 Å². The van der Waals surface area contributed by atoms with Gasteiger partial charge in [0.2, 0.25) is 0 Å². The lowest BCUT2D eigenvalue weighted by Gasteiger charge is -2.33. The van der Waals surface area contributed by atoms with E-state index in [0.717, 1.165) is 12.0 Å². The number of benzene rings is 1. The van der Waals surface area contributed by atoms with Gasteiger partial charge in [-0.3, -0.25) is 4.79 Å². The summed E-state index contributed by atoms with van der Waals surface area (Å²) in [6.45, 7) is 6.48. The predicted octanol–water partition coefficient (Wildman–Crippen LogP) is 2.32. The van der Waals surface area contributed by atoms with Crippen molar-refractivity contribution in [3.63, 3.8) is 0 Å². The van der Waals surface area contributed by atoms with Gasteiger partial charge in [-0.1, -0.05) is 32.0 Å². The van der Waals surface area contributed by atoms with Crippen molar-refractivity contribution in [3.05, 3.63) is 35.4 Å². The van der Waals surface area contributed by atoms with Crippen molar-refractivity contribution < 1.29 is 14.3 Å². The molecule has 1 N–H and O–H groups in total. The molecule has 0 bridgehead atoms. The Morgan fingerprint density at radius 1 is 1.40 bits per heavy atom. The fraction of sp³-hybridized carbons (Fsp3) is 0.500. The Morgan fingerprint density at radius 2 is 2.10 bits per heavy atom. The third-order valence-electron chi connectivity index (χ3n) is 3.57. The van der Waals surface area contributed by atoms with E-state index in [1.54, 1.807) is 19.1 Å². The van der Waals surface area contributed by atoms with Crippen molar-refractivity contribution in [3.8, 4) is 0 Å². The maximum absolute atomic E-state index is 12.3. The monoisotopic (exact) mass is 275 g/mol. The molecule has 0 aliphatic carbocycles. The second-order valence-corrected chi connectivity index (χ2v) is 5.89. The number of nitrogens with one attached hydrogen (secondary N) is 1. The molecule has 4 heteroatoms. The van der Waals surface area contributed by atoms with E-state index in [4.69, 9.17) is 4.74 Å². The number of fused-ring (bicyclic) bond motifs is 1. The van der Waals surface area contributed by atoms with E-state index in [-0.39, 0.29) is 5.91 Å². The number of hydrogen-bond acceptors (Lipinski definition) is 3. The lowest BCUT2D eigenvalue weighted by Crippen LogP contribution is -2.51. The highest BCUT2D eigenvalue weighted by Crippen LogP contribution is 2.28. The van der Waals surface area contributed by atoms with Crippen LogP contribution in [0.4, 0.5) is 0 Å². The van der Waals surface area contributed by atoms with Crippen molar-refractivity contribution in [2.45, 2.75) is 39.2 Å². The Labute approximate surface area is 119 Å². The molecule has 1 heterocycles. The molecule has 1 unspecified atom stereocenters. The molecule has 4 nitrogen and oxygen atoms in total. The topological polar surface area (TPSA) is 55.4 Å². The van der Waals surface area contributed by atoms with Crippen LogP contribution in [-0.4, -0.2) is 24.0 Å². The minimum Gasteiger partial charge on any atom is -0.445 e. The largest absolute Gasteiger partial charge is 0.445 e. The third kappa shape index (κ3) is 3.00. The van der Waals surface area contributed by atoms with Crippen LogP contribution in [0.2, 0.25) is 0 Å². The van der Waals surface area contributed by atoms with Gasteiger partial charge in [0, 0.05) is 13.0 Å². The second-order valence-electron chi connectivity index (χ2n) is 5.89. The molecule has 2 rings (SSSR count). The van der Waals surface area contributed by atoms with E-state index >= 15 is 0 Å². The highest BCUT2D eigenvalue weighted by Gasteiger charge is 2.42. The molecule has 1 aliphatic heterocycles. The summed E-state index contributed by atoms with van der Waals surface area (Å²) in [7, 11) is 0. The van der Waals surface area contributed by atoms with Crippen LogP contribution in [0.1, 0.15) is 43.1 Å². The zero-order valence-corrected chi connectivity index (χ0v) is 12.2. The fourth-order valence-electron chi connectivity index (χ4n) is 2.32. The van der Waals surface area contributed by atoms with Crippen LogP contribution >= 0.6 is 0 Å². The summed E-state index contributed by atoms with van der Waals surface area (Å²) in [6, 6.07) is 7.27. The Kier molecular flexibility index (Phi) is 4.12. The van der Waals surface area contributed by atoms with Crippen molar-refractivity contribution in [1.29, 1.82) is 0 Å². The summed E-state index contributed by atoms with van der Waals surface area (Å²) in [5.74, 6) is -0.118. The lowest BCUT2D eigenvalue weighted by molar-refractivity contribution is -0.139. The highest BCUT2D eigenvalue weighted by atomic mass is 16.6. The summed E-state index contributed by atoms with van der Waals surface area (Å²) in [5, 5.41) is 2.86. The number of hydrogen-bond donors (Lipinski definition) is 1. The van der Waals surface area contributed by atoms with Crippen LogP contribution in [0.25, 0.3) is 0 Å². The smallest absolute Gasteiger partial charge is 0.339 e. The molecule has 0 radical (unpaired) electrons. The van der Waals surface area contributed by atoms with Gasteiger partial charge >= 0.3 is 5.97 Å². The summed E-state index contributed by atoms with van der Waals surface area (Å²) >= 11 is 0. The quantitative estimate of drug-likeness (QED) is 0.858. The van der Waals surface area contributed by atoms with Crippen LogP contribution < -0.4 is 5.32 Å². The van der Waals surface area contributed by atoms with Crippen molar-refractivity contribution in [2.75, 3.05) is 6.54 Å². The molecule has 0 spiro atoms. The standard InChI is InChI=1S/C16H21NO3/c1-11(2)8-9-17-15(19)16(3)10-12-6-4-5-7-13(12)14(18)20-16/h4-7,11H,8-10H2,1-3H3,(H,17,19). The molecule has 20 heavy (non-hydrogen) atoms.